The lowest BCUT2D eigenvalue weighted by molar-refractivity contribution is 0.0997. The molecule has 6 heteroatoms. The highest BCUT2D eigenvalue weighted by Crippen LogP contribution is 2.44. The van der Waals surface area contributed by atoms with Crippen molar-refractivity contribution in [2.24, 2.45) is 10.7 Å². The Kier molecular flexibility index (Phi) is 3.14. The molecule has 1 aromatic rings. The molecular weight excluding hydrogens is 298 g/mol. The number of rotatable bonds is 2. The number of thioether (sulfide) groups is 1. The number of phenols is 1. The zero-order valence-corrected chi connectivity index (χ0v) is 12.8. The Morgan fingerprint density at radius 3 is 3.00 bits per heavy atom. The molecule has 0 bridgehead atoms. The summed E-state index contributed by atoms with van der Waals surface area (Å²) in [6.07, 6.45) is 4.79. The highest BCUT2D eigenvalue weighted by atomic mass is 32.2. The fraction of sp³-hybridized carbons (Fsp3) is 0.375. The molecule has 0 unspecified atom stereocenters. The molecule has 2 aliphatic heterocycles. The smallest absolute Gasteiger partial charge is 0.252 e. The second kappa shape index (κ2) is 5.05. The van der Waals surface area contributed by atoms with Crippen molar-refractivity contribution in [1.29, 1.82) is 0 Å². The fourth-order valence-electron chi connectivity index (χ4n) is 3.52. The van der Waals surface area contributed by atoms with Crippen molar-refractivity contribution in [3.05, 3.63) is 34.7 Å². The second-order valence-corrected chi connectivity index (χ2v) is 6.75. The van der Waals surface area contributed by atoms with Crippen LogP contribution in [-0.4, -0.2) is 33.2 Å². The third-order valence-corrected chi connectivity index (χ3v) is 5.46. The Bertz CT molecular complexity index is 713. The van der Waals surface area contributed by atoms with Crippen LogP contribution in [0.2, 0.25) is 0 Å². The Hall–Kier alpha value is -1.95. The molecule has 0 spiro atoms. The van der Waals surface area contributed by atoms with Crippen LogP contribution in [0.4, 0.5) is 0 Å². The number of fused-ring (bicyclic) bond motifs is 3. The molecule has 3 N–H and O–H groups in total. The quantitative estimate of drug-likeness (QED) is 0.879. The summed E-state index contributed by atoms with van der Waals surface area (Å²) in [6.45, 7) is 0. The first-order chi connectivity index (χ1) is 10.6. The predicted molar refractivity (Wildman–Crippen MR) is 87.5 cm³/mol. The van der Waals surface area contributed by atoms with Crippen molar-refractivity contribution < 1.29 is 9.90 Å². The molecule has 1 aromatic carbocycles. The van der Waals surface area contributed by atoms with E-state index in [4.69, 9.17) is 10.7 Å². The fourth-order valence-corrected chi connectivity index (χ4v) is 4.53. The van der Waals surface area contributed by atoms with E-state index in [0.29, 0.717) is 12.1 Å². The topological polar surface area (TPSA) is 78.9 Å². The first-order valence-electron chi connectivity index (χ1n) is 7.52. The molecule has 2 atom stereocenters. The van der Waals surface area contributed by atoms with Crippen LogP contribution in [0, 0.1) is 0 Å². The summed E-state index contributed by atoms with van der Waals surface area (Å²) in [4.78, 5) is 18.6. The van der Waals surface area contributed by atoms with E-state index in [1.807, 2.05) is 6.07 Å². The lowest BCUT2D eigenvalue weighted by Gasteiger charge is -2.32. The Labute approximate surface area is 132 Å². The number of nitrogens with zero attached hydrogens (tertiary/aromatic N) is 2. The van der Waals surface area contributed by atoms with Gasteiger partial charge in [0, 0.05) is 5.41 Å². The maximum absolute atomic E-state index is 11.4. The van der Waals surface area contributed by atoms with Gasteiger partial charge in [0.1, 0.15) is 5.75 Å². The molecule has 4 rings (SSSR count). The minimum Gasteiger partial charge on any atom is -0.507 e. The number of amidine groups is 1. The van der Waals surface area contributed by atoms with Gasteiger partial charge < -0.3 is 15.7 Å². The maximum Gasteiger partial charge on any atom is 0.252 e. The summed E-state index contributed by atoms with van der Waals surface area (Å²) < 4.78 is 0. The molecule has 114 valence electrons. The number of benzene rings is 1. The second-order valence-electron chi connectivity index (χ2n) is 5.92. The van der Waals surface area contributed by atoms with Gasteiger partial charge in [-0.1, -0.05) is 24.6 Å². The molecular formula is C16H17N3O2S. The summed E-state index contributed by atoms with van der Waals surface area (Å²) in [7, 11) is 0. The van der Waals surface area contributed by atoms with Crippen LogP contribution in [0.5, 0.6) is 5.75 Å². The number of carbonyl (C=O) groups is 1. The van der Waals surface area contributed by atoms with Gasteiger partial charge >= 0.3 is 0 Å². The van der Waals surface area contributed by atoms with Crippen LogP contribution >= 0.6 is 11.8 Å². The molecule has 22 heavy (non-hydrogen) atoms. The summed E-state index contributed by atoms with van der Waals surface area (Å²) in [5.41, 5.74) is 7.45. The number of hydrogen-bond acceptors (Lipinski definition) is 5. The normalized spacial score (nSPS) is 26.3. The first-order valence-corrected chi connectivity index (χ1v) is 8.40. The Balaban J connectivity index is 1.70. The minimum atomic E-state index is -0.614. The summed E-state index contributed by atoms with van der Waals surface area (Å²) in [5.74, 6) is -0.690. The standard InChI is InChI=1S/C16H17N3O2S/c17-15(21)10-7-9(5-6-14(10)20)13-8-22-16-18-11-3-1-2-4-12(11)19(13)16/h5-8,11-12,20H,1-4H2,(H2,17,21)/t11-,12+/m0/s1. The number of aromatic hydroxyl groups is 1. The van der Waals surface area contributed by atoms with Crippen molar-refractivity contribution in [1.82, 2.24) is 4.90 Å². The van der Waals surface area contributed by atoms with E-state index in [-0.39, 0.29) is 11.3 Å². The van der Waals surface area contributed by atoms with Crippen molar-refractivity contribution in [3.8, 4) is 5.75 Å². The van der Waals surface area contributed by atoms with Crippen LogP contribution in [0.1, 0.15) is 41.6 Å². The van der Waals surface area contributed by atoms with Gasteiger partial charge in [0.25, 0.3) is 5.91 Å². The molecule has 1 aliphatic carbocycles. The lowest BCUT2D eigenvalue weighted by Crippen LogP contribution is -2.38. The minimum absolute atomic E-state index is 0.0756. The lowest BCUT2D eigenvalue weighted by atomic mass is 9.90. The van der Waals surface area contributed by atoms with Gasteiger partial charge in [0.2, 0.25) is 0 Å². The van der Waals surface area contributed by atoms with Gasteiger partial charge in [0.05, 0.1) is 23.3 Å². The zero-order chi connectivity index (χ0) is 15.3. The average Bonchev–Trinajstić information content (AvgIpc) is 3.06. The maximum atomic E-state index is 11.4. The third kappa shape index (κ3) is 2.01. The largest absolute Gasteiger partial charge is 0.507 e. The van der Waals surface area contributed by atoms with Crippen LogP contribution < -0.4 is 5.73 Å². The van der Waals surface area contributed by atoms with E-state index in [2.05, 4.69) is 10.3 Å². The molecule has 1 fully saturated rings. The molecule has 3 aliphatic rings. The Morgan fingerprint density at radius 2 is 2.18 bits per heavy atom. The van der Waals surface area contributed by atoms with E-state index in [1.54, 1.807) is 17.8 Å². The van der Waals surface area contributed by atoms with E-state index < -0.39 is 5.91 Å². The average molecular weight is 315 g/mol. The summed E-state index contributed by atoms with van der Waals surface area (Å²) in [5, 5.41) is 12.9. The highest BCUT2D eigenvalue weighted by molar-refractivity contribution is 8.16. The number of nitrogens with two attached hydrogens (primary N) is 1. The van der Waals surface area contributed by atoms with Crippen molar-refractivity contribution in [2.75, 3.05) is 0 Å². The molecule has 0 saturated heterocycles. The first kappa shape index (κ1) is 13.7. The number of carbonyl (C=O) groups excluding carboxylic acids is 1. The van der Waals surface area contributed by atoms with Gasteiger partial charge in [-0.25, -0.2) is 0 Å². The summed E-state index contributed by atoms with van der Waals surface area (Å²) in [6, 6.07) is 5.85. The molecule has 2 heterocycles. The van der Waals surface area contributed by atoms with Crippen molar-refractivity contribution >= 4 is 28.5 Å². The highest BCUT2D eigenvalue weighted by Gasteiger charge is 2.42. The van der Waals surface area contributed by atoms with Crippen LogP contribution in [0.25, 0.3) is 5.70 Å². The molecule has 1 saturated carbocycles. The van der Waals surface area contributed by atoms with Gasteiger partial charge in [0.15, 0.2) is 5.17 Å². The van der Waals surface area contributed by atoms with E-state index in [9.17, 15) is 9.90 Å². The van der Waals surface area contributed by atoms with Crippen LogP contribution in [0.3, 0.4) is 0 Å². The third-order valence-electron chi connectivity index (χ3n) is 4.60. The van der Waals surface area contributed by atoms with Gasteiger partial charge in [-0.05, 0) is 36.6 Å². The van der Waals surface area contributed by atoms with E-state index in [0.717, 1.165) is 29.3 Å². The predicted octanol–water partition coefficient (Wildman–Crippen LogP) is 2.52. The van der Waals surface area contributed by atoms with Crippen molar-refractivity contribution in [3.63, 3.8) is 0 Å². The number of primary amides is 1. The molecule has 0 radical (unpaired) electrons. The van der Waals surface area contributed by atoms with Gasteiger partial charge in [-0.3, -0.25) is 9.79 Å². The number of aliphatic imine (C=N–C) groups is 1. The van der Waals surface area contributed by atoms with Crippen LogP contribution in [0.15, 0.2) is 28.6 Å². The number of amides is 1. The Morgan fingerprint density at radius 1 is 1.36 bits per heavy atom. The molecule has 1 amide bonds. The molecule has 0 aromatic heterocycles. The number of hydrogen-bond donors (Lipinski definition) is 2. The van der Waals surface area contributed by atoms with Gasteiger partial charge in [-0.2, -0.15) is 0 Å². The zero-order valence-electron chi connectivity index (χ0n) is 12.0. The molecule has 5 nitrogen and oxygen atoms in total. The van der Waals surface area contributed by atoms with E-state index in [1.165, 1.54) is 18.9 Å². The SMILES string of the molecule is NC(=O)c1cc(C2=CSC3=N[C@H]4CCCC[C@H]4N23)ccc1O. The monoisotopic (exact) mass is 315 g/mol. The summed E-state index contributed by atoms with van der Waals surface area (Å²) >= 11 is 1.64. The van der Waals surface area contributed by atoms with Gasteiger partial charge in [-0.15, -0.1) is 0 Å². The van der Waals surface area contributed by atoms with Crippen LogP contribution in [-0.2, 0) is 0 Å². The van der Waals surface area contributed by atoms with E-state index >= 15 is 0 Å². The van der Waals surface area contributed by atoms with Crippen molar-refractivity contribution in [2.45, 2.75) is 37.8 Å².